The SMILES string of the molecule is CCN1C(=CC2=CC(=CC=CC3=CC(=Cc4sc5ccccc5[n+]4CC)CC(C)(C)C3)CC(C)(C)C2)Sc2ccccc21.CCN1C(=CC2=CC(=CC=Cc3sc4ccccc4[n+]3CC)CC(C)(C)C2)Sc2ccccc21.CCN1C(=CC=C2CCC(C=Cc3sc4ccccc4[n+]3CC)=C2N(c2ccccc2)c2ccccc2)Sc2ccccc21.[3H-].[3H-].[3H-]. The monoisotopic (exact) mass is 1710 g/mol. The van der Waals surface area contributed by atoms with Crippen LogP contribution in [0.2, 0.25) is 0 Å². The Morgan fingerprint density at radius 3 is 1.21 bits per heavy atom. The van der Waals surface area contributed by atoms with Gasteiger partial charge in [-0.15, -0.1) is 0 Å². The molecule has 0 radical (unpaired) electrons. The lowest BCUT2D eigenvalue weighted by Gasteiger charge is -2.31. The molecule has 3 aliphatic heterocycles. The number of hydrogen-bond acceptors (Lipinski definition) is 10. The van der Waals surface area contributed by atoms with E-state index in [1.807, 2.05) is 69.3 Å². The molecule has 7 nitrogen and oxygen atoms in total. The molecule has 0 saturated heterocycles. The standard InChI is InChI=1S/C39H36N3S2.C39H45N2S2.C30H33N2S2.3H/c1-3-40-33-19-11-13-21-35(33)43-37(40)27-25-29-23-24-30(26-28-38-41(4-2)34-20-12-14-22-36(34)44-38)39(29)42(31-15-7-5-8-16-31)32-17-9-6-10-18-32;1-7-40-32-16-9-11-18-34(32)42-36(40)22-30-20-28(24-38(3,4)26-30)14-13-15-29-21-31(27-39(5,6)25-29)23-37-41(8-2)33-17-10-12-19-35(33)43-37;1-5-31-24-13-7-9-15-26(24)33-28(31)17-11-12-22-18-23(21-30(3,4)20-22)19-29-32(6-2)25-14-8-10-16-27(25)34-29;;;/h5-22,25-28H,3-4,23-24H2,1-2H3;9-23H,7-8,24-27H2,1-6H3;7-19H,5-6,20-21H2,1-4H3;;;/q3*+1;3*-1/i;;;3*1+2. The molecule has 6 heterocycles. The molecular formula is C108H117N7S6. The molecule has 0 N–H and O–H groups in total. The van der Waals surface area contributed by atoms with E-state index in [9.17, 15) is 0 Å². The van der Waals surface area contributed by atoms with E-state index >= 15 is 0 Å². The number of para-hydroxylation sites is 8. The van der Waals surface area contributed by atoms with Gasteiger partial charge in [-0.1, -0.05) is 275 Å². The van der Waals surface area contributed by atoms with Gasteiger partial charge in [0.1, 0.15) is 33.7 Å². The molecule has 11 aromatic rings. The fraction of sp³-hybridized carbons (Fsp3) is 0.269. The van der Waals surface area contributed by atoms with Crippen molar-refractivity contribution < 1.29 is 18.0 Å². The van der Waals surface area contributed by atoms with Gasteiger partial charge in [0.05, 0.1) is 37.8 Å². The Hall–Kier alpha value is -9.96. The van der Waals surface area contributed by atoms with Crippen LogP contribution in [-0.2, 0) is 19.6 Å². The molecule has 13 heteroatoms. The zero-order valence-electron chi connectivity index (χ0n) is 75.3. The van der Waals surface area contributed by atoms with Crippen LogP contribution < -0.4 is 33.3 Å². The van der Waals surface area contributed by atoms with Crippen LogP contribution in [0.4, 0.5) is 28.4 Å². The van der Waals surface area contributed by atoms with Crippen molar-refractivity contribution in [3.05, 3.63) is 366 Å². The summed E-state index contributed by atoms with van der Waals surface area (Å²) in [4.78, 5) is 13.8. The summed E-state index contributed by atoms with van der Waals surface area (Å²) in [5.74, 6) is 0. The highest BCUT2D eigenvalue weighted by Gasteiger charge is 2.34. The summed E-state index contributed by atoms with van der Waals surface area (Å²) in [6.45, 7) is 33.7. The molecule has 7 aliphatic rings. The van der Waals surface area contributed by atoms with E-state index in [2.05, 4.69) is 420 Å². The third kappa shape index (κ3) is 19.4. The van der Waals surface area contributed by atoms with Gasteiger partial charge in [-0.25, -0.2) is 0 Å². The molecule has 0 spiro atoms. The first-order valence-corrected chi connectivity index (χ1v) is 48.4. The van der Waals surface area contributed by atoms with Gasteiger partial charge in [-0.3, -0.25) is 0 Å². The number of allylic oxidation sites excluding steroid dienone is 21. The maximum Gasteiger partial charge on any atom is 0.263 e. The second-order valence-corrected chi connectivity index (χ2v) is 40.8. The summed E-state index contributed by atoms with van der Waals surface area (Å²) >= 11 is 11.3. The Labute approximate surface area is 748 Å². The molecule has 0 bridgehead atoms. The van der Waals surface area contributed by atoms with Gasteiger partial charge < -0.3 is 23.9 Å². The highest BCUT2D eigenvalue weighted by molar-refractivity contribution is 8.04. The van der Waals surface area contributed by atoms with Crippen LogP contribution in [0.1, 0.15) is 154 Å². The smallest absolute Gasteiger partial charge is 0.263 e. The lowest BCUT2D eigenvalue weighted by atomic mass is 9.74. The first-order valence-electron chi connectivity index (χ1n) is 43.5. The molecule has 0 unspecified atom stereocenters. The maximum atomic E-state index is 2.45. The van der Waals surface area contributed by atoms with E-state index in [0.717, 1.165) is 90.6 Å². The van der Waals surface area contributed by atoms with E-state index in [1.165, 1.54) is 154 Å². The van der Waals surface area contributed by atoms with Gasteiger partial charge in [0, 0.05) is 82.1 Å². The molecule has 8 aromatic carbocycles. The number of anilines is 5. The minimum atomic E-state index is 0. The van der Waals surface area contributed by atoms with E-state index in [1.54, 1.807) is 0 Å². The van der Waals surface area contributed by atoms with Crippen molar-refractivity contribution >= 4 is 147 Å². The number of rotatable bonds is 19. The Bertz CT molecular complexity index is 6130. The largest absolute Gasteiger partial charge is 1.00 e. The van der Waals surface area contributed by atoms with Crippen LogP contribution >= 0.6 is 69.3 Å². The van der Waals surface area contributed by atoms with Crippen LogP contribution in [0.15, 0.2) is 365 Å². The Kier molecular flexibility index (Phi) is 26.4. The topological polar surface area (TPSA) is 24.6 Å². The molecule has 121 heavy (non-hydrogen) atoms. The number of nitrogens with zero attached hydrogens (tertiary/aromatic N) is 7. The van der Waals surface area contributed by atoms with Crippen LogP contribution in [0, 0.1) is 16.2 Å². The summed E-state index contributed by atoms with van der Waals surface area (Å²) in [5.41, 5.74) is 23.6. The van der Waals surface area contributed by atoms with E-state index in [-0.39, 0.29) is 20.5 Å². The van der Waals surface area contributed by atoms with Gasteiger partial charge in [0.25, 0.3) is 15.0 Å². The maximum absolute atomic E-state index is 2.45. The number of fused-ring (bicyclic) bond motifs is 6. The zero-order valence-corrected chi connectivity index (χ0v) is 77.2. The van der Waals surface area contributed by atoms with Gasteiger partial charge in [-0.05, 0) is 257 Å². The van der Waals surface area contributed by atoms with Crippen LogP contribution in [-0.4, -0.2) is 19.6 Å². The van der Waals surface area contributed by atoms with Crippen molar-refractivity contribution in [2.45, 2.75) is 169 Å². The molecule has 0 saturated carbocycles. The van der Waals surface area contributed by atoms with Crippen LogP contribution in [0.5, 0.6) is 0 Å². The van der Waals surface area contributed by atoms with E-state index in [4.69, 9.17) is 0 Å². The minimum Gasteiger partial charge on any atom is -1.00 e. The predicted octanol–water partition coefficient (Wildman–Crippen LogP) is 30.3. The fourth-order valence-electron chi connectivity index (χ4n) is 18.3. The summed E-state index contributed by atoms with van der Waals surface area (Å²) in [5, 5.41) is 7.91. The average molecular weight is 1710 g/mol. The molecular weight excluding hydrogens is 1590 g/mol. The first kappa shape index (κ1) is 84.6. The summed E-state index contributed by atoms with van der Waals surface area (Å²) in [7, 11) is 0. The van der Waals surface area contributed by atoms with Crippen molar-refractivity contribution in [2.24, 2.45) is 16.2 Å². The number of hydrogen-bond donors (Lipinski definition) is 0. The molecule has 620 valence electrons. The third-order valence-electron chi connectivity index (χ3n) is 23.4. The molecule has 0 amide bonds. The van der Waals surface area contributed by atoms with Crippen molar-refractivity contribution in [1.82, 2.24) is 0 Å². The zero-order chi connectivity index (χ0) is 83.8. The van der Waals surface area contributed by atoms with Crippen molar-refractivity contribution in [2.75, 3.05) is 39.2 Å². The van der Waals surface area contributed by atoms with E-state index in [0.29, 0.717) is 0 Å². The first-order chi connectivity index (χ1) is 58.8. The van der Waals surface area contributed by atoms with Crippen LogP contribution in [0.25, 0.3) is 48.9 Å². The number of aryl methyl sites for hydroxylation is 3. The Balaban J connectivity index is 0.000000159. The number of aromatic nitrogens is 3. The number of thiazole rings is 3. The van der Waals surface area contributed by atoms with Gasteiger partial charge in [-0.2, -0.15) is 13.7 Å². The number of benzene rings is 8. The predicted molar refractivity (Wildman–Crippen MR) is 531 cm³/mol. The number of thioether (sulfide) groups is 3. The molecule has 0 atom stereocenters. The normalized spacial score (nSPS) is 19.7. The Morgan fingerprint density at radius 2 is 0.736 bits per heavy atom. The van der Waals surface area contributed by atoms with Crippen molar-refractivity contribution in [3.63, 3.8) is 0 Å². The summed E-state index contributed by atoms with van der Waals surface area (Å²) in [6.07, 6.45) is 46.5. The second-order valence-electron chi connectivity index (χ2n) is 34.4. The fourth-order valence-corrected chi connectivity index (χ4v) is 25.3. The quantitative estimate of drug-likeness (QED) is 0.0744. The molecule has 4 aliphatic carbocycles. The highest BCUT2D eigenvalue weighted by atomic mass is 32.2. The lowest BCUT2D eigenvalue weighted by Crippen LogP contribution is -2.33. The van der Waals surface area contributed by atoms with Gasteiger partial charge in [0.15, 0.2) is 0 Å². The third-order valence-corrected chi connectivity index (χ3v) is 30.1. The molecule has 3 aromatic heterocycles. The van der Waals surface area contributed by atoms with Crippen molar-refractivity contribution in [3.8, 4) is 0 Å². The van der Waals surface area contributed by atoms with Gasteiger partial charge in [0.2, 0.25) is 16.6 Å². The Morgan fingerprint density at radius 1 is 0.355 bits per heavy atom. The highest BCUT2D eigenvalue weighted by Crippen LogP contribution is 2.52. The average Bonchev–Trinajstić information content (AvgIpc) is 1.63. The van der Waals surface area contributed by atoms with Gasteiger partial charge >= 0.3 is 0 Å². The van der Waals surface area contributed by atoms with Crippen LogP contribution in [0.3, 0.4) is 0 Å². The van der Waals surface area contributed by atoms with Crippen molar-refractivity contribution in [1.29, 1.82) is 0 Å². The minimum absolute atomic E-state index is 0. The molecule has 18 rings (SSSR count). The second kappa shape index (κ2) is 37.8. The van der Waals surface area contributed by atoms with E-state index < -0.39 is 0 Å². The molecule has 0 fully saturated rings. The summed E-state index contributed by atoms with van der Waals surface area (Å²) < 4.78 is 11.3. The summed E-state index contributed by atoms with van der Waals surface area (Å²) in [6, 6.07) is 74.0. The lowest BCUT2D eigenvalue weighted by molar-refractivity contribution is -0.665.